The average molecular weight is 429 g/mol. The fourth-order valence-corrected chi connectivity index (χ4v) is 4.17. The number of hydrogen-bond acceptors (Lipinski definition) is 6. The third-order valence-corrected chi connectivity index (χ3v) is 5.92. The Kier molecular flexibility index (Phi) is 6.00. The molecule has 4 N–H and O–H groups in total. The number of ether oxygens (including phenoxy) is 1. The number of nitrogens with two attached hydrogens (primary N) is 1. The summed E-state index contributed by atoms with van der Waals surface area (Å²) in [5, 5.41) is 4.69. The monoisotopic (exact) mass is 428 g/mol. The van der Waals surface area contributed by atoms with Gasteiger partial charge in [-0.25, -0.2) is 4.98 Å². The minimum absolute atomic E-state index is 0.276. The Morgan fingerprint density at radius 1 is 1.03 bits per heavy atom. The summed E-state index contributed by atoms with van der Waals surface area (Å²) in [6.45, 7) is 5.53. The van der Waals surface area contributed by atoms with E-state index in [2.05, 4.69) is 73.7 Å². The second-order valence-corrected chi connectivity index (χ2v) is 8.09. The topological polar surface area (TPSA) is 92.1 Å². The Bertz CT molecular complexity index is 1200. The van der Waals surface area contributed by atoms with Crippen molar-refractivity contribution in [1.29, 1.82) is 0 Å². The molecule has 0 bridgehead atoms. The van der Waals surface area contributed by atoms with Crippen LogP contribution in [-0.2, 0) is 4.74 Å². The van der Waals surface area contributed by atoms with Crippen molar-refractivity contribution in [3.8, 4) is 22.3 Å². The zero-order valence-electron chi connectivity index (χ0n) is 18.1. The average Bonchev–Trinajstić information content (AvgIpc) is 3.31. The van der Waals surface area contributed by atoms with E-state index in [1.807, 2.05) is 6.20 Å². The smallest absolute Gasteiger partial charge is 0.221 e. The first-order chi connectivity index (χ1) is 15.8. The lowest BCUT2D eigenvalue weighted by Crippen LogP contribution is -2.37. The molecule has 0 aliphatic carbocycles. The van der Waals surface area contributed by atoms with Crippen LogP contribution in [-0.4, -0.2) is 59.2 Å². The molecular weight excluding hydrogens is 400 g/mol. The summed E-state index contributed by atoms with van der Waals surface area (Å²) in [6.07, 6.45) is 4.80. The Labute approximate surface area is 187 Å². The summed E-state index contributed by atoms with van der Waals surface area (Å²) >= 11 is 0. The maximum atomic E-state index is 5.90. The number of nitrogens with zero attached hydrogens (tertiary/aromatic N) is 3. The molecular formula is C25H28N6O. The van der Waals surface area contributed by atoms with E-state index in [4.69, 9.17) is 10.5 Å². The number of aromatic nitrogens is 3. The van der Waals surface area contributed by atoms with Crippen molar-refractivity contribution in [3.63, 3.8) is 0 Å². The number of H-pyrrole nitrogens is 1. The molecule has 7 nitrogen and oxygen atoms in total. The highest BCUT2D eigenvalue weighted by molar-refractivity contribution is 5.86. The van der Waals surface area contributed by atoms with Gasteiger partial charge in [-0.2, -0.15) is 4.98 Å². The molecule has 3 heterocycles. The van der Waals surface area contributed by atoms with Gasteiger partial charge in [0.2, 0.25) is 5.95 Å². The molecule has 0 unspecified atom stereocenters. The van der Waals surface area contributed by atoms with Crippen molar-refractivity contribution < 1.29 is 4.74 Å². The third kappa shape index (κ3) is 4.59. The Morgan fingerprint density at radius 3 is 2.78 bits per heavy atom. The first-order valence-corrected chi connectivity index (χ1v) is 11.1. The number of benzene rings is 2. The summed E-state index contributed by atoms with van der Waals surface area (Å²) in [7, 11) is 0. The number of anilines is 2. The van der Waals surface area contributed by atoms with E-state index in [1.54, 1.807) is 6.20 Å². The fraction of sp³-hybridized carbons (Fsp3) is 0.280. The van der Waals surface area contributed by atoms with Gasteiger partial charge in [0, 0.05) is 43.1 Å². The minimum atomic E-state index is 0.276. The zero-order chi connectivity index (χ0) is 21.8. The number of fused-ring (bicyclic) bond motifs is 1. The summed E-state index contributed by atoms with van der Waals surface area (Å²) in [5.41, 5.74) is 11.4. The molecule has 7 heteroatoms. The van der Waals surface area contributed by atoms with Crippen molar-refractivity contribution >= 4 is 22.7 Å². The highest BCUT2D eigenvalue weighted by Crippen LogP contribution is 2.31. The Morgan fingerprint density at radius 2 is 1.88 bits per heavy atom. The molecule has 0 spiro atoms. The van der Waals surface area contributed by atoms with Crippen LogP contribution in [0.1, 0.15) is 6.42 Å². The standard InChI is InChI=1S/C25H28N6O/c26-25-29-17-22(24(30-25)28-8-2-10-31-11-13-32-14-12-31)21-4-1-3-19(15-21)20-6-5-18-7-9-27-23(18)16-20/h1,3-7,9,15-17,27H,2,8,10-14H2,(H3,26,28,29,30). The van der Waals surface area contributed by atoms with Gasteiger partial charge in [-0.1, -0.05) is 30.3 Å². The molecule has 1 fully saturated rings. The fourth-order valence-electron chi connectivity index (χ4n) is 4.17. The van der Waals surface area contributed by atoms with Crippen LogP contribution in [0.25, 0.3) is 33.2 Å². The largest absolute Gasteiger partial charge is 0.379 e. The van der Waals surface area contributed by atoms with Crippen LogP contribution >= 0.6 is 0 Å². The minimum Gasteiger partial charge on any atom is -0.379 e. The van der Waals surface area contributed by atoms with Crippen molar-refractivity contribution in [2.45, 2.75) is 6.42 Å². The molecule has 0 amide bonds. The SMILES string of the molecule is Nc1ncc(-c2cccc(-c3ccc4cc[nH]c4c3)c2)c(NCCCN2CCOCC2)n1. The highest BCUT2D eigenvalue weighted by Gasteiger charge is 2.12. The van der Waals surface area contributed by atoms with E-state index in [-0.39, 0.29) is 5.95 Å². The zero-order valence-corrected chi connectivity index (χ0v) is 18.1. The van der Waals surface area contributed by atoms with Crippen LogP contribution in [0.3, 0.4) is 0 Å². The molecule has 4 aromatic rings. The van der Waals surface area contributed by atoms with Gasteiger partial charge in [0.1, 0.15) is 5.82 Å². The predicted molar refractivity (Wildman–Crippen MR) is 130 cm³/mol. The van der Waals surface area contributed by atoms with Crippen molar-refractivity contribution in [3.05, 3.63) is 60.9 Å². The van der Waals surface area contributed by atoms with Crippen LogP contribution in [0.5, 0.6) is 0 Å². The van der Waals surface area contributed by atoms with E-state index in [0.717, 1.165) is 79.4 Å². The molecule has 164 valence electrons. The number of aromatic amines is 1. The second-order valence-electron chi connectivity index (χ2n) is 8.09. The molecule has 1 aliphatic rings. The lowest BCUT2D eigenvalue weighted by molar-refractivity contribution is 0.0378. The van der Waals surface area contributed by atoms with E-state index in [1.165, 1.54) is 5.39 Å². The Hall–Kier alpha value is -3.42. The van der Waals surface area contributed by atoms with E-state index in [0.29, 0.717) is 0 Å². The number of nitrogens with one attached hydrogen (secondary N) is 2. The molecule has 0 saturated carbocycles. The highest BCUT2D eigenvalue weighted by atomic mass is 16.5. The normalized spacial score (nSPS) is 14.6. The molecule has 2 aromatic heterocycles. The van der Waals surface area contributed by atoms with Gasteiger partial charge in [0.05, 0.1) is 13.2 Å². The summed E-state index contributed by atoms with van der Waals surface area (Å²) in [5.74, 6) is 1.05. The summed E-state index contributed by atoms with van der Waals surface area (Å²) in [4.78, 5) is 14.5. The van der Waals surface area contributed by atoms with Gasteiger partial charge in [-0.15, -0.1) is 0 Å². The van der Waals surface area contributed by atoms with E-state index in [9.17, 15) is 0 Å². The molecule has 5 rings (SSSR count). The van der Waals surface area contributed by atoms with Crippen molar-refractivity contribution in [1.82, 2.24) is 19.9 Å². The lowest BCUT2D eigenvalue weighted by Gasteiger charge is -2.26. The van der Waals surface area contributed by atoms with Gasteiger partial charge in [0.25, 0.3) is 0 Å². The first-order valence-electron chi connectivity index (χ1n) is 11.1. The van der Waals surface area contributed by atoms with Gasteiger partial charge in [-0.05, 0) is 53.2 Å². The molecule has 1 aliphatic heterocycles. The summed E-state index contributed by atoms with van der Waals surface area (Å²) in [6, 6.07) is 17.0. The molecule has 1 saturated heterocycles. The van der Waals surface area contributed by atoms with Crippen LogP contribution in [0.15, 0.2) is 60.9 Å². The summed E-state index contributed by atoms with van der Waals surface area (Å²) < 4.78 is 5.42. The molecule has 32 heavy (non-hydrogen) atoms. The third-order valence-electron chi connectivity index (χ3n) is 5.92. The number of hydrogen-bond donors (Lipinski definition) is 3. The lowest BCUT2D eigenvalue weighted by atomic mass is 9.99. The van der Waals surface area contributed by atoms with Crippen LogP contribution in [0.4, 0.5) is 11.8 Å². The maximum Gasteiger partial charge on any atom is 0.221 e. The van der Waals surface area contributed by atoms with Crippen molar-refractivity contribution in [2.24, 2.45) is 0 Å². The molecule has 0 radical (unpaired) electrons. The van der Waals surface area contributed by atoms with Crippen LogP contribution < -0.4 is 11.1 Å². The van der Waals surface area contributed by atoms with Crippen molar-refractivity contribution in [2.75, 3.05) is 50.4 Å². The van der Waals surface area contributed by atoms with Gasteiger partial charge < -0.3 is 20.8 Å². The van der Waals surface area contributed by atoms with Crippen LogP contribution in [0, 0.1) is 0 Å². The predicted octanol–water partition coefficient (Wildman–Crippen LogP) is 4.01. The molecule has 0 atom stereocenters. The first kappa shape index (κ1) is 20.5. The number of rotatable bonds is 7. The number of morpholine rings is 1. The van der Waals surface area contributed by atoms with Crippen LogP contribution in [0.2, 0.25) is 0 Å². The van der Waals surface area contributed by atoms with Gasteiger partial charge in [-0.3, -0.25) is 4.90 Å². The van der Waals surface area contributed by atoms with E-state index < -0.39 is 0 Å². The van der Waals surface area contributed by atoms with Gasteiger partial charge >= 0.3 is 0 Å². The molecule has 2 aromatic carbocycles. The number of nitrogen functional groups attached to an aromatic ring is 1. The maximum absolute atomic E-state index is 5.90. The van der Waals surface area contributed by atoms with Gasteiger partial charge in [0.15, 0.2) is 0 Å². The van der Waals surface area contributed by atoms with E-state index >= 15 is 0 Å². The second kappa shape index (κ2) is 9.38. The Balaban J connectivity index is 1.34. The quantitative estimate of drug-likeness (QED) is 0.385.